The topological polar surface area (TPSA) is 80.9 Å². The number of ether oxygens (including phenoxy) is 1. The molecule has 0 aliphatic carbocycles. The van der Waals surface area contributed by atoms with Crippen LogP contribution in [-0.4, -0.2) is 29.0 Å². The number of rotatable bonds is 3. The van der Waals surface area contributed by atoms with E-state index in [0.29, 0.717) is 4.88 Å². The van der Waals surface area contributed by atoms with E-state index in [1.165, 1.54) is 14.0 Å². The Morgan fingerprint density at radius 2 is 2.25 bits per heavy atom. The normalized spacial score (nSPS) is 15.5. The van der Waals surface area contributed by atoms with Gasteiger partial charge in [0.05, 0.1) is 17.7 Å². The molecule has 0 saturated carbocycles. The summed E-state index contributed by atoms with van der Waals surface area (Å²) in [5.74, 6) is -0.853. The number of hydrogen-bond acceptors (Lipinski definition) is 6. The smallest absolute Gasteiger partial charge is 0.328 e. The molecule has 1 N–H and O–H groups in total. The molecule has 3 rings (SSSR count). The maximum Gasteiger partial charge on any atom is 0.328 e. The average Bonchev–Trinajstić information content (AvgIpc) is 3.07. The van der Waals surface area contributed by atoms with Crippen LogP contribution in [0.25, 0.3) is 11.6 Å². The molecule has 0 spiro atoms. The number of aromatic nitrogens is 1. The largest absolute Gasteiger partial charge is 0.493 e. The van der Waals surface area contributed by atoms with Crippen LogP contribution in [0, 0.1) is 0 Å². The predicted molar refractivity (Wildman–Crippen MR) is 97.1 cm³/mol. The second-order valence-corrected chi connectivity index (χ2v) is 7.05. The van der Waals surface area contributed by atoms with E-state index in [-0.39, 0.29) is 5.88 Å². The lowest BCUT2D eigenvalue weighted by Gasteiger charge is -2.10. The Morgan fingerprint density at radius 1 is 1.50 bits per heavy atom. The average molecular weight is 409 g/mol. The predicted octanol–water partition coefficient (Wildman–Crippen LogP) is 3.37. The van der Waals surface area contributed by atoms with Crippen molar-refractivity contribution >= 4 is 56.8 Å². The summed E-state index contributed by atoms with van der Waals surface area (Å²) < 4.78 is 6.57. The number of carbonyl (C=O) groups is 1. The fourth-order valence-corrected chi connectivity index (χ4v) is 3.69. The molecule has 24 heavy (non-hydrogen) atoms. The number of allylic oxidation sites excluding steroid dienone is 1. The lowest BCUT2D eigenvalue weighted by Crippen LogP contribution is -2.24. The van der Waals surface area contributed by atoms with Crippen molar-refractivity contribution in [2.75, 3.05) is 7.11 Å². The van der Waals surface area contributed by atoms with Gasteiger partial charge in [-0.15, -0.1) is 0 Å². The second kappa shape index (κ2) is 6.37. The molecular formula is C16H13BrN2O4S. The van der Waals surface area contributed by atoms with Crippen molar-refractivity contribution in [3.63, 3.8) is 0 Å². The molecule has 8 heteroatoms. The molecule has 1 aliphatic heterocycles. The van der Waals surface area contributed by atoms with E-state index in [0.717, 1.165) is 37.2 Å². The number of benzene rings is 1. The highest BCUT2D eigenvalue weighted by Gasteiger charge is 2.24. The van der Waals surface area contributed by atoms with Gasteiger partial charge in [0.1, 0.15) is 6.04 Å². The van der Waals surface area contributed by atoms with Gasteiger partial charge in [-0.05, 0) is 31.2 Å². The van der Waals surface area contributed by atoms with Crippen molar-refractivity contribution in [1.29, 1.82) is 0 Å². The molecule has 0 saturated heterocycles. The zero-order valence-corrected chi connectivity index (χ0v) is 15.2. The number of carbonyl (C=O) groups excluding carboxylic acids is 1. The van der Waals surface area contributed by atoms with Crippen LogP contribution in [0.2, 0.25) is 0 Å². The molecule has 1 aliphatic rings. The maximum absolute atomic E-state index is 12.1. The zero-order valence-electron chi connectivity index (χ0n) is 12.8. The van der Waals surface area contributed by atoms with Gasteiger partial charge in [0.15, 0.2) is 0 Å². The van der Waals surface area contributed by atoms with E-state index in [1.54, 1.807) is 12.3 Å². The first-order chi connectivity index (χ1) is 11.4. The molecule has 1 aromatic heterocycles. The standard InChI is InChI=1S/C16H13BrN2O4S/c1-8(15(21)23-2)19-14(20)13(24-16(19)22)5-9-7-18-12-4-3-10(17)6-11(9)12/h3-8,20H,1-2H3/b9-5+/t8-/m1/s1. The molecule has 0 unspecified atom stereocenters. The van der Waals surface area contributed by atoms with Crippen LogP contribution in [0.1, 0.15) is 23.4 Å². The van der Waals surface area contributed by atoms with Crippen LogP contribution in [0.15, 0.2) is 32.5 Å². The molecular weight excluding hydrogens is 396 g/mol. The number of aromatic hydroxyl groups is 1. The van der Waals surface area contributed by atoms with Gasteiger partial charge in [0.25, 0.3) is 0 Å². The van der Waals surface area contributed by atoms with Gasteiger partial charge in [0, 0.05) is 21.8 Å². The summed E-state index contributed by atoms with van der Waals surface area (Å²) >= 11 is 4.28. The summed E-state index contributed by atoms with van der Waals surface area (Å²) in [5.41, 5.74) is 2.50. The van der Waals surface area contributed by atoms with Crippen LogP contribution >= 0.6 is 27.3 Å². The van der Waals surface area contributed by atoms with Crippen molar-refractivity contribution in [3.8, 4) is 5.88 Å². The maximum atomic E-state index is 12.1. The number of esters is 1. The monoisotopic (exact) mass is 408 g/mol. The summed E-state index contributed by atoms with van der Waals surface area (Å²) in [6.07, 6.45) is 3.36. The minimum atomic E-state index is -0.899. The van der Waals surface area contributed by atoms with Crippen molar-refractivity contribution < 1.29 is 14.6 Å². The lowest BCUT2D eigenvalue weighted by atomic mass is 10.1. The van der Waals surface area contributed by atoms with Gasteiger partial charge in [-0.3, -0.25) is 14.4 Å². The molecule has 124 valence electrons. The van der Waals surface area contributed by atoms with Crippen molar-refractivity contribution in [1.82, 2.24) is 4.57 Å². The van der Waals surface area contributed by atoms with Crippen LogP contribution in [0.5, 0.6) is 5.88 Å². The summed E-state index contributed by atoms with van der Waals surface area (Å²) in [6.45, 7) is 1.50. The fraction of sp³-hybridized carbons (Fsp3) is 0.188. The Bertz CT molecular complexity index is 942. The third kappa shape index (κ3) is 2.83. The minimum Gasteiger partial charge on any atom is -0.493 e. The number of aliphatic imine (C=N–C) groups is 1. The number of hydrogen-bond donors (Lipinski definition) is 1. The minimum absolute atomic E-state index is 0.257. The number of halogens is 1. The van der Waals surface area contributed by atoms with E-state index in [9.17, 15) is 14.7 Å². The first-order valence-electron chi connectivity index (χ1n) is 7.00. The molecule has 1 atom stereocenters. The number of thiazole rings is 1. The SMILES string of the molecule is COC(=O)[C@@H](C)n1c(O)c(/C=C2\C=Nc3ccc(Br)cc32)sc1=O. The summed E-state index contributed by atoms with van der Waals surface area (Å²) in [5, 5.41) is 10.4. The Morgan fingerprint density at radius 3 is 2.96 bits per heavy atom. The number of fused-ring (bicyclic) bond motifs is 1. The van der Waals surface area contributed by atoms with E-state index < -0.39 is 16.9 Å². The molecule has 2 aromatic rings. The number of nitrogens with zero attached hydrogens (tertiary/aromatic N) is 2. The quantitative estimate of drug-likeness (QED) is 0.789. The van der Waals surface area contributed by atoms with Crippen molar-refractivity contribution in [2.45, 2.75) is 13.0 Å². The van der Waals surface area contributed by atoms with Crippen LogP contribution < -0.4 is 4.87 Å². The van der Waals surface area contributed by atoms with E-state index in [4.69, 9.17) is 0 Å². The highest BCUT2D eigenvalue weighted by molar-refractivity contribution is 9.10. The number of methoxy groups -OCH3 is 1. The van der Waals surface area contributed by atoms with Crippen LogP contribution in [0.4, 0.5) is 5.69 Å². The second-order valence-electron chi connectivity index (χ2n) is 5.14. The van der Waals surface area contributed by atoms with Gasteiger partial charge >= 0.3 is 10.8 Å². The fourth-order valence-electron chi connectivity index (χ4n) is 2.42. The molecule has 0 fully saturated rings. The summed E-state index contributed by atoms with van der Waals surface area (Å²) in [7, 11) is 1.24. The molecule has 6 nitrogen and oxygen atoms in total. The summed E-state index contributed by atoms with van der Waals surface area (Å²) in [6, 6.07) is 4.79. The highest BCUT2D eigenvalue weighted by Crippen LogP contribution is 2.36. The van der Waals surface area contributed by atoms with Gasteiger partial charge in [-0.25, -0.2) is 4.79 Å². The first kappa shape index (κ1) is 16.7. The molecule has 0 bridgehead atoms. The molecule has 1 aromatic carbocycles. The van der Waals surface area contributed by atoms with Crippen molar-refractivity contribution in [2.24, 2.45) is 4.99 Å². The Labute approximate surface area is 149 Å². The lowest BCUT2D eigenvalue weighted by molar-refractivity contribution is -0.144. The van der Waals surface area contributed by atoms with Gasteiger partial charge in [0.2, 0.25) is 5.88 Å². The molecule has 0 radical (unpaired) electrons. The zero-order chi connectivity index (χ0) is 17.4. The van der Waals surface area contributed by atoms with Gasteiger partial charge in [-0.2, -0.15) is 0 Å². The van der Waals surface area contributed by atoms with E-state index in [2.05, 4.69) is 25.7 Å². The Kier molecular flexibility index (Phi) is 4.42. The first-order valence-corrected chi connectivity index (χ1v) is 8.61. The Balaban J connectivity index is 2.05. The van der Waals surface area contributed by atoms with Gasteiger partial charge < -0.3 is 9.84 Å². The van der Waals surface area contributed by atoms with Crippen molar-refractivity contribution in [3.05, 3.63) is 42.8 Å². The Hall–Kier alpha value is -2.19. The third-order valence-corrected chi connectivity index (χ3v) is 5.06. The molecule has 0 amide bonds. The molecule has 2 heterocycles. The van der Waals surface area contributed by atoms with E-state index >= 15 is 0 Å². The van der Waals surface area contributed by atoms with Crippen LogP contribution in [0.3, 0.4) is 0 Å². The third-order valence-electron chi connectivity index (χ3n) is 3.67. The summed E-state index contributed by atoms with van der Waals surface area (Å²) in [4.78, 5) is 28.0. The van der Waals surface area contributed by atoms with Gasteiger partial charge in [-0.1, -0.05) is 27.3 Å². The van der Waals surface area contributed by atoms with Crippen LogP contribution in [-0.2, 0) is 9.53 Å². The highest BCUT2D eigenvalue weighted by atomic mass is 79.9. The van der Waals surface area contributed by atoms with E-state index in [1.807, 2.05) is 18.2 Å².